The Bertz CT molecular complexity index is 1420. The van der Waals surface area contributed by atoms with Crippen molar-refractivity contribution in [1.82, 2.24) is 10.2 Å². The number of nitrogens with one attached hydrogen (secondary N) is 1. The number of carbonyl (C=O) groups is 2. The quantitative estimate of drug-likeness (QED) is 0.325. The van der Waals surface area contributed by atoms with Crippen LogP contribution in [0.2, 0.25) is 15.1 Å². The van der Waals surface area contributed by atoms with Crippen molar-refractivity contribution in [3.05, 3.63) is 92.9 Å². The van der Waals surface area contributed by atoms with Crippen LogP contribution in [0.3, 0.4) is 0 Å². The van der Waals surface area contributed by atoms with Gasteiger partial charge in [0.15, 0.2) is 0 Å². The lowest BCUT2D eigenvalue weighted by atomic mass is 10.1. The molecule has 0 spiro atoms. The van der Waals surface area contributed by atoms with Gasteiger partial charge in [-0.3, -0.25) is 13.9 Å². The number of rotatable bonds is 10. The van der Waals surface area contributed by atoms with Crippen LogP contribution in [0.15, 0.2) is 71.6 Å². The maximum atomic E-state index is 13.9. The Morgan fingerprint density at radius 2 is 1.63 bits per heavy atom. The second-order valence-corrected chi connectivity index (χ2v) is 11.6. The van der Waals surface area contributed by atoms with Crippen LogP contribution in [0.4, 0.5) is 5.69 Å². The summed E-state index contributed by atoms with van der Waals surface area (Å²) >= 11 is 18.7. The highest BCUT2D eigenvalue weighted by molar-refractivity contribution is 7.92. The SMILES string of the molecule is CCNC(=O)[C@H](C)N(Cc1ccc(Cl)cc1Cl)C(=O)CN(c1cccc(Cl)c1C)S(=O)(=O)c1ccccc1. The fourth-order valence-corrected chi connectivity index (χ4v) is 5.97. The fourth-order valence-electron chi connectivity index (χ4n) is 3.84. The predicted molar refractivity (Wildman–Crippen MR) is 152 cm³/mol. The van der Waals surface area contributed by atoms with Crippen molar-refractivity contribution in [3.8, 4) is 0 Å². The molecule has 0 aliphatic rings. The lowest BCUT2D eigenvalue weighted by molar-refractivity contribution is -0.139. The summed E-state index contributed by atoms with van der Waals surface area (Å²) in [4.78, 5) is 28.0. The van der Waals surface area contributed by atoms with Crippen LogP contribution in [-0.2, 0) is 26.2 Å². The Hall–Kier alpha value is -2.78. The first-order valence-electron chi connectivity index (χ1n) is 11.8. The van der Waals surface area contributed by atoms with E-state index in [0.717, 1.165) is 4.31 Å². The van der Waals surface area contributed by atoms with Gasteiger partial charge in [0.25, 0.3) is 10.0 Å². The molecule has 0 saturated heterocycles. The number of anilines is 1. The highest BCUT2D eigenvalue weighted by Crippen LogP contribution is 2.31. The van der Waals surface area contributed by atoms with Crippen molar-refractivity contribution in [2.75, 3.05) is 17.4 Å². The van der Waals surface area contributed by atoms with E-state index in [9.17, 15) is 18.0 Å². The summed E-state index contributed by atoms with van der Waals surface area (Å²) in [7, 11) is -4.18. The fraction of sp³-hybridized carbons (Fsp3) is 0.259. The number of nitrogens with zero attached hydrogens (tertiary/aromatic N) is 2. The number of benzene rings is 3. The molecule has 0 unspecified atom stereocenters. The first-order chi connectivity index (χ1) is 18.0. The third kappa shape index (κ3) is 6.80. The van der Waals surface area contributed by atoms with Gasteiger partial charge in [0.05, 0.1) is 10.6 Å². The van der Waals surface area contributed by atoms with Crippen LogP contribution in [0.25, 0.3) is 0 Å². The minimum Gasteiger partial charge on any atom is -0.355 e. The van der Waals surface area contributed by atoms with E-state index in [0.29, 0.717) is 32.7 Å². The van der Waals surface area contributed by atoms with Crippen molar-refractivity contribution in [3.63, 3.8) is 0 Å². The van der Waals surface area contributed by atoms with Gasteiger partial charge in [-0.25, -0.2) is 8.42 Å². The number of amides is 2. The molecule has 0 saturated carbocycles. The molecule has 0 aromatic heterocycles. The predicted octanol–water partition coefficient (Wildman–Crippen LogP) is 5.70. The first-order valence-corrected chi connectivity index (χ1v) is 14.4. The Morgan fingerprint density at radius 1 is 0.947 bits per heavy atom. The van der Waals surface area contributed by atoms with E-state index in [1.54, 1.807) is 75.4 Å². The van der Waals surface area contributed by atoms with Gasteiger partial charge < -0.3 is 10.2 Å². The van der Waals surface area contributed by atoms with Crippen molar-refractivity contribution in [2.24, 2.45) is 0 Å². The van der Waals surface area contributed by atoms with Crippen molar-refractivity contribution >= 4 is 62.3 Å². The van der Waals surface area contributed by atoms with E-state index in [-0.39, 0.29) is 23.0 Å². The average molecular weight is 597 g/mol. The number of hydrogen-bond acceptors (Lipinski definition) is 4. The van der Waals surface area contributed by atoms with Crippen LogP contribution < -0.4 is 9.62 Å². The normalized spacial score (nSPS) is 12.1. The molecule has 2 amide bonds. The molecule has 0 bridgehead atoms. The number of likely N-dealkylation sites (N-methyl/N-ethyl adjacent to an activating group) is 1. The number of carbonyl (C=O) groups excluding carboxylic acids is 2. The minimum atomic E-state index is -4.18. The molecule has 11 heteroatoms. The zero-order valence-corrected chi connectivity index (χ0v) is 24.2. The highest BCUT2D eigenvalue weighted by Gasteiger charge is 2.33. The monoisotopic (exact) mass is 595 g/mol. The van der Waals surface area contributed by atoms with Gasteiger partial charge in [-0.1, -0.05) is 65.1 Å². The summed E-state index contributed by atoms with van der Waals surface area (Å²) < 4.78 is 28.6. The Balaban J connectivity index is 2.08. The maximum absolute atomic E-state index is 13.9. The molecular weight excluding hydrogens is 569 g/mol. The van der Waals surface area contributed by atoms with Gasteiger partial charge in [-0.15, -0.1) is 0 Å². The van der Waals surface area contributed by atoms with E-state index < -0.39 is 28.5 Å². The molecule has 0 heterocycles. The van der Waals surface area contributed by atoms with Crippen molar-refractivity contribution in [2.45, 2.75) is 38.3 Å². The first kappa shape index (κ1) is 29.8. The summed E-state index contributed by atoms with van der Waals surface area (Å²) in [5.74, 6) is -0.990. The zero-order chi connectivity index (χ0) is 28.0. The van der Waals surface area contributed by atoms with Gasteiger partial charge in [-0.2, -0.15) is 0 Å². The van der Waals surface area contributed by atoms with Gasteiger partial charge >= 0.3 is 0 Å². The summed E-state index contributed by atoms with van der Waals surface area (Å²) in [5, 5.41) is 3.80. The van der Waals surface area contributed by atoms with Crippen LogP contribution in [-0.4, -0.2) is 44.3 Å². The number of halogens is 3. The van der Waals surface area contributed by atoms with E-state index >= 15 is 0 Å². The molecule has 3 aromatic carbocycles. The maximum Gasteiger partial charge on any atom is 0.264 e. The summed E-state index contributed by atoms with van der Waals surface area (Å²) in [6.45, 7) is 4.77. The largest absolute Gasteiger partial charge is 0.355 e. The molecule has 1 atom stereocenters. The minimum absolute atomic E-state index is 0.0104. The molecule has 1 N–H and O–H groups in total. The van der Waals surface area contributed by atoms with E-state index in [1.165, 1.54) is 17.0 Å². The summed E-state index contributed by atoms with van der Waals surface area (Å²) in [6.07, 6.45) is 0. The molecular formula is C27H28Cl3N3O4S. The van der Waals surface area contributed by atoms with Crippen LogP contribution in [0, 0.1) is 6.92 Å². The van der Waals surface area contributed by atoms with Gasteiger partial charge in [0.1, 0.15) is 12.6 Å². The molecule has 0 aliphatic carbocycles. The van der Waals surface area contributed by atoms with Gasteiger partial charge in [0, 0.05) is 28.2 Å². The number of hydrogen-bond donors (Lipinski definition) is 1. The average Bonchev–Trinajstić information content (AvgIpc) is 2.88. The second-order valence-electron chi connectivity index (χ2n) is 8.54. The van der Waals surface area contributed by atoms with Crippen LogP contribution in [0.1, 0.15) is 25.0 Å². The van der Waals surface area contributed by atoms with E-state index in [1.807, 2.05) is 0 Å². The molecule has 7 nitrogen and oxygen atoms in total. The molecule has 202 valence electrons. The Kier molecular flexibility index (Phi) is 10.1. The Morgan fingerprint density at radius 3 is 2.26 bits per heavy atom. The molecule has 0 radical (unpaired) electrons. The summed E-state index contributed by atoms with van der Waals surface area (Å²) in [5.41, 5.74) is 1.30. The standard InChI is InChI=1S/C27H28Cl3N3O4S/c1-4-31-27(35)19(3)32(16-20-13-14-21(28)15-24(20)30)26(34)17-33(25-12-8-11-23(29)18(25)2)38(36,37)22-9-6-5-7-10-22/h5-15,19H,4,16-17H2,1-3H3,(H,31,35)/t19-/m0/s1. The second kappa shape index (κ2) is 12.8. The highest BCUT2D eigenvalue weighted by atomic mass is 35.5. The zero-order valence-electron chi connectivity index (χ0n) is 21.1. The molecule has 3 aromatic rings. The third-order valence-electron chi connectivity index (χ3n) is 5.99. The topological polar surface area (TPSA) is 86.8 Å². The summed E-state index contributed by atoms with van der Waals surface area (Å²) in [6, 6.07) is 16.6. The van der Waals surface area contributed by atoms with Gasteiger partial charge in [0.2, 0.25) is 11.8 Å². The van der Waals surface area contributed by atoms with Crippen molar-refractivity contribution < 1.29 is 18.0 Å². The Labute approximate surface area is 238 Å². The van der Waals surface area contributed by atoms with Crippen molar-refractivity contribution in [1.29, 1.82) is 0 Å². The molecule has 38 heavy (non-hydrogen) atoms. The lowest BCUT2D eigenvalue weighted by Crippen LogP contribution is -2.51. The van der Waals surface area contributed by atoms with E-state index in [2.05, 4.69) is 5.32 Å². The lowest BCUT2D eigenvalue weighted by Gasteiger charge is -2.32. The third-order valence-corrected chi connectivity index (χ3v) is 8.76. The van der Waals surface area contributed by atoms with Crippen LogP contribution in [0.5, 0.6) is 0 Å². The van der Waals surface area contributed by atoms with Gasteiger partial charge in [-0.05, 0) is 68.3 Å². The molecule has 3 rings (SSSR count). The van der Waals surface area contributed by atoms with E-state index in [4.69, 9.17) is 34.8 Å². The molecule has 0 fully saturated rings. The smallest absolute Gasteiger partial charge is 0.264 e. The van der Waals surface area contributed by atoms with Crippen LogP contribution >= 0.6 is 34.8 Å². The number of sulfonamides is 1. The molecule has 0 aliphatic heterocycles.